The Hall–Kier alpha value is -2.73. The third kappa shape index (κ3) is 4.08. The predicted octanol–water partition coefficient (Wildman–Crippen LogP) is 4.51. The molecule has 134 valence electrons. The third-order valence-electron chi connectivity index (χ3n) is 3.87. The van der Waals surface area contributed by atoms with E-state index in [1.165, 1.54) is 6.07 Å². The van der Waals surface area contributed by atoms with Crippen LogP contribution in [-0.2, 0) is 11.2 Å². The summed E-state index contributed by atoms with van der Waals surface area (Å²) in [6.45, 7) is 2.41. The summed E-state index contributed by atoms with van der Waals surface area (Å²) in [7, 11) is 0. The number of carbonyl (C=O) groups excluding carboxylic acids is 1. The normalized spacial score (nSPS) is 10.7. The molecule has 0 N–H and O–H groups in total. The highest BCUT2D eigenvalue weighted by Crippen LogP contribution is 2.22. The minimum atomic E-state index is -0.422. The fraction of sp³-hybridized carbons (Fsp3) is 0.211. The number of amides is 1. The molecule has 5 nitrogen and oxygen atoms in total. The van der Waals surface area contributed by atoms with Crippen molar-refractivity contribution < 1.29 is 13.7 Å². The van der Waals surface area contributed by atoms with Crippen molar-refractivity contribution in [2.24, 2.45) is 0 Å². The second-order valence-corrected chi connectivity index (χ2v) is 6.05. The van der Waals surface area contributed by atoms with Gasteiger partial charge >= 0.3 is 0 Å². The molecular weight excluding hydrogens is 357 g/mol. The number of aryl methyl sites for hydroxylation is 1. The van der Waals surface area contributed by atoms with E-state index in [0.717, 1.165) is 5.69 Å². The van der Waals surface area contributed by atoms with Crippen molar-refractivity contribution in [3.05, 3.63) is 65.3 Å². The molecule has 0 atom stereocenters. The maximum atomic E-state index is 13.8. The molecule has 1 heterocycles. The van der Waals surface area contributed by atoms with Crippen molar-refractivity contribution in [1.82, 2.24) is 10.1 Å². The monoisotopic (exact) mass is 373 g/mol. The van der Waals surface area contributed by atoms with Gasteiger partial charge in [-0.25, -0.2) is 4.39 Å². The lowest BCUT2D eigenvalue weighted by atomic mass is 10.2. The van der Waals surface area contributed by atoms with Gasteiger partial charge in [-0.15, -0.1) is 0 Å². The van der Waals surface area contributed by atoms with Gasteiger partial charge in [0.25, 0.3) is 0 Å². The smallest absolute Gasteiger partial charge is 0.227 e. The number of benzene rings is 2. The highest BCUT2D eigenvalue weighted by Gasteiger charge is 2.17. The number of halogens is 2. The molecule has 1 amide bonds. The van der Waals surface area contributed by atoms with Crippen molar-refractivity contribution in [3.8, 4) is 11.4 Å². The van der Waals surface area contributed by atoms with Gasteiger partial charge in [0.15, 0.2) is 0 Å². The Morgan fingerprint density at radius 3 is 2.77 bits per heavy atom. The molecule has 0 saturated carbocycles. The highest BCUT2D eigenvalue weighted by atomic mass is 35.5. The van der Waals surface area contributed by atoms with Gasteiger partial charge in [0.1, 0.15) is 5.82 Å². The van der Waals surface area contributed by atoms with Crippen LogP contribution in [0.25, 0.3) is 11.4 Å². The minimum absolute atomic E-state index is 0.0830. The number of rotatable bonds is 6. The van der Waals surface area contributed by atoms with Crippen LogP contribution in [0.15, 0.2) is 53.1 Å². The molecule has 26 heavy (non-hydrogen) atoms. The average molecular weight is 374 g/mol. The van der Waals surface area contributed by atoms with Crippen LogP contribution in [-0.4, -0.2) is 22.6 Å². The Kier molecular flexibility index (Phi) is 5.63. The van der Waals surface area contributed by atoms with E-state index in [1.807, 2.05) is 13.0 Å². The molecular formula is C19H17ClFN3O2. The van der Waals surface area contributed by atoms with Gasteiger partial charge < -0.3 is 9.42 Å². The Balaban J connectivity index is 1.67. The summed E-state index contributed by atoms with van der Waals surface area (Å²) in [6, 6.07) is 13.3. The lowest BCUT2D eigenvalue weighted by Gasteiger charge is -2.21. The van der Waals surface area contributed by atoms with Crippen LogP contribution in [0.1, 0.15) is 19.2 Å². The van der Waals surface area contributed by atoms with Gasteiger partial charge in [0.05, 0.1) is 5.56 Å². The summed E-state index contributed by atoms with van der Waals surface area (Å²) in [5, 5.41) is 4.36. The molecule has 3 rings (SSSR count). The number of carbonyl (C=O) groups is 1. The fourth-order valence-corrected chi connectivity index (χ4v) is 2.79. The molecule has 1 aromatic heterocycles. The molecule has 2 aromatic carbocycles. The number of nitrogens with zero attached hydrogens (tertiary/aromatic N) is 3. The van der Waals surface area contributed by atoms with Crippen molar-refractivity contribution >= 4 is 23.2 Å². The van der Waals surface area contributed by atoms with Gasteiger partial charge in [-0.3, -0.25) is 4.79 Å². The molecule has 0 fully saturated rings. The first-order valence-corrected chi connectivity index (χ1v) is 8.59. The van der Waals surface area contributed by atoms with E-state index >= 15 is 0 Å². The van der Waals surface area contributed by atoms with E-state index in [9.17, 15) is 9.18 Å². The Morgan fingerprint density at radius 1 is 1.23 bits per heavy atom. The summed E-state index contributed by atoms with van der Waals surface area (Å²) in [5.41, 5.74) is 1.01. The fourth-order valence-electron chi connectivity index (χ4n) is 2.60. The Labute approximate surface area is 155 Å². The summed E-state index contributed by atoms with van der Waals surface area (Å²) in [4.78, 5) is 18.3. The average Bonchev–Trinajstić information content (AvgIpc) is 3.10. The van der Waals surface area contributed by atoms with Gasteiger partial charge in [-0.05, 0) is 37.3 Å². The highest BCUT2D eigenvalue weighted by molar-refractivity contribution is 6.30. The van der Waals surface area contributed by atoms with Crippen LogP contribution in [0.2, 0.25) is 5.02 Å². The maximum absolute atomic E-state index is 13.8. The first-order chi connectivity index (χ1) is 12.6. The number of aromatic nitrogens is 2. The Bertz CT molecular complexity index is 913. The summed E-state index contributed by atoms with van der Waals surface area (Å²) >= 11 is 6.00. The second-order valence-electron chi connectivity index (χ2n) is 5.61. The van der Waals surface area contributed by atoms with Crippen LogP contribution in [0.4, 0.5) is 10.1 Å². The molecule has 0 aliphatic rings. The molecule has 0 unspecified atom stereocenters. The van der Waals surface area contributed by atoms with E-state index in [-0.39, 0.29) is 30.1 Å². The maximum Gasteiger partial charge on any atom is 0.227 e. The van der Waals surface area contributed by atoms with E-state index < -0.39 is 5.82 Å². The molecule has 0 spiro atoms. The second kappa shape index (κ2) is 8.10. The lowest BCUT2D eigenvalue weighted by Crippen LogP contribution is -2.30. The molecule has 0 radical (unpaired) electrons. The molecule has 0 bridgehead atoms. The zero-order chi connectivity index (χ0) is 18.5. The van der Waals surface area contributed by atoms with Gasteiger partial charge in [-0.1, -0.05) is 35.0 Å². The molecule has 0 aliphatic carbocycles. The number of anilines is 1. The van der Waals surface area contributed by atoms with Crippen molar-refractivity contribution in [1.29, 1.82) is 0 Å². The number of hydrogen-bond donors (Lipinski definition) is 0. The van der Waals surface area contributed by atoms with Crippen LogP contribution >= 0.6 is 11.6 Å². The van der Waals surface area contributed by atoms with Crippen LogP contribution in [0.5, 0.6) is 0 Å². The first-order valence-electron chi connectivity index (χ1n) is 8.22. The quantitative estimate of drug-likeness (QED) is 0.637. The third-order valence-corrected chi connectivity index (χ3v) is 4.11. The number of hydrogen-bond acceptors (Lipinski definition) is 4. The van der Waals surface area contributed by atoms with E-state index in [4.69, 9.17) is 16.1 Å². The molecule has 0 saturated heterocycles. The minimum Gasteiger partial charge on any atom is -0.339 e. The van der Waals surface area contributed by atoms with E-state index in [1.54, 1.807) is 41.3 Å². The van der Waals surface area contributed by atoms with Crippen molar-refractivity contribution in [2.75, 3.05) is 11.4 Å². The topological polar surface area (TPSA) is 59.2 Å². The van der Waals surface area contributed by atoms with Crippen LogP contribution in [0.3, 0.4) is 0 Å². The first kappa shape index (κ1) is 18.1. The summed E-state index contributed by atoms with van der Waals surface area (Å²) in [6.07, 6.45) is 0.469. The summed E-state index contributed by atoms with van der Waals surface area (Å²) < 4.78 is 18.9. The van der Waals surface area contributed by atoms with Gasteiger partial charge in [0, 0.05) is 30.1 Å². The summed E-state index contributed by atoms with van der Waals surface area (Å²) in [5.74, 6) is -0.0408. The molecule has 7 heteroatoms. The van der Waals surface area contributed by atoms with Crippen molar-refractivity contribution in [3.63, 3.8) is 0 Å². The SMILES string of the molecule is CCN(C(=O)CCc1nc(-c2ccccc2F)no1)c1cccc(Cl)c1. The standard InChI is InChI=1S/C19H17ClFN3O2/c1-2-24(14-7-5-6-13(20)12-14)18(25)11-10-17-22-19(23-26-17)15-8-3-4-9-16(15)21/h3-9,12H,2,10-11H2,1H3. The molecule has 0 aliphatic heterocycles. The van der Waals surface area contributed by atoms with Crippen LogP contribution < -0.4 is 4.90 Å². The largest absolute Gasteiger partial charge is 0.339 e. The van der Waals surface area contributed by atoms with E-state index in [2.05, 4.69) is 10.1 Å². The Morgan fingerprint density at radius 2 is 2.04 bits per heavy atom. The van der Waals surface area contributed by atoms with Gasteiger partial charge in [0.2, 0.25) is 17.6 Å². The van der Waals surface area contributed by atoms with Gasteiger partial charge in [-0.2, -0.15) is 4.98 Å². The lowest BCUT2D eigenvalue weighted by molar-refractivity contribution is -0.118. The van der Waals surface area contributed by atoms with Crippen LogP contribution in [0, 0.1) is 5.82 Å². The van der Waals surface area contributed by atoms with E-state index in [0.29, 0.717) is 17.5 Å². The predicted molar refractivity (Wildman–Crippen MR) is 97.5 cm³/mol. The molecule has 3 aromatic rings. The zero-order valence-corrected chi connectivity index (χ0v) is 14.9. The van der Waals surface area contributed by atoms with Crippen molar-refractivity contribution in [2.45, 2.75) is 19.8 Å². The zero-order valence-electron chi connectivity index (χ0n) is 14.2.